The van der Waals surface area contributed by atoms with Crippen LogP contribution in [0.5, 0.6) is 0 Å². The van der Waals surface area contributed by atoms with Crippen LogP contribution in [0, 0.1) is 5.92 Å². The Morgan fingerprint density at radius 2 is 2.33 bits per heavy atom. The van der Waals surface area contributed by atoms with Crippen LogP contribution >= 0.6 is 0 Å². The van der Waals surface area contributed by atoms with E-state index in [1.165, 1.54) is 5.69 Å². The first kappa shape index (κ1) is 9.26. The molecule has 1 N–H and O–H groups in total. The van der Waals surface area contributed by atoms with E-state index in [-0.39, 0.29) is 0 Å². The molecular formula is C9H17N3. The third-order valence-electron chi connectivity index (χ3n) is 1.78. The van der Waals surface area contributed by atoms with Gasteiger partial charge in [0, 0.05) is 19.8 Å². The van der Waals surface area contributed by atoms with Crippen LogP contribution in [-0.4, -0.2) is 16.1 Å². The Hall–Kier alpha value is -0.830. The van der Waals surface area contributed by atoms with E-state index in [1.807, 2.05) is 24.1 Å². The van der Waals surface area contributed by atoms with E-state index in [0.29, 0.717) is 5.92 Å². The molecule has 0 amide bonds. The number of nitrogens with one attached hydrogen (secondary N) is 1. The number of hydrogen-bond donors (Lipinski definition) is 1. The van der Waals surface area contributed by atoms with Crippen LogP contribution < -0.4 is 5.32 Å². The second kappa shape index (κ2) is 4.26. The lowest BCUT2D eigenvalue weighted by molar-refractivity contribution is 0.542. The van der Waals surface area contributed by atoms with Gasteiger partial charge in [0.1, 0.15) is 0 Å². The first-order valence-electron chi connectivity index (χ1n) is 4.36. The largest absolute Gasteiger partial charge is 0.337 e. The number of aromatic nitrogens is 2. The van der Waals surface area contributed by atoms with Crippen molar-refractivity contribution in [2.45, 2.75) is 20.4 Å². The molecule has 0 spiro atoms. The summed E-state index contributed by atoms with van der Waals surface area (Å²) in [4.78, 5) is 4.04. The molecule has 0 atom stereocenters. The average molecular weight is 167 g/mol. The summed E-state index contributed by atoms with van der Waals surface area (Å²) < 4.78 is 2.04. The first-order valence-corrected chi connectivity index (χ1v) is 4.36. The lowest BCUT2D eigenvalue weighted by Crippen LogP contribution is -2.20. The van der Waals surface area contributed by atoms with Gasteiger partial charge in [0.25, 0.3) is 0 Å². The van der Waals surface area contributed by atoms with Crippen LogP contribution in [-0.2, 0) is 13.6 Å². The minimum absolute atomic E-state index is 0.707. The predicted molar refractivity (Wildman–Crippen MR) is 49.8 cm³/mol. The molecular weight excluding hydrogens is 150 g/mol. The molecule has 1 rings (SSSR count). The van der Waals surface area contributed by atoms with Crippen molar-refractivity contribution in [3.05, 3.63) is 18.2 Å². The van der Waals surface area contributed by atoms with Gasteiger partial charge in [-0.3, -0.25) is 0 Å². The lowest BCUT2D eigenvalue weighted by atomic mass is 10.2. The minimum Gasteiger partial charge on any atom is -0.337 e. The molecule has 0 unspecified atom stereocenters. The van der Waals surface area contributed by atoms with E-state index in [4.69, 9.17) is 0 Å². The summed E-state index contributed by atoms with van der Waals surface area (Å²) in [5.74, 6) is 0.707. The van der Waals surface area contributed by atoms with Gasteiger partial charge in [-0.2, -0.15) is 0 Å². The Morgan fingerprint density at radius 1 is 1.58 bits per heavy atom. The third kappa shape index (κ3) is 2.66. The van der Waals surface area contributed by atoms with Gasteiger partial charge in [0.05, 0.1) is 12.0 Å². The molecule has 0 saturated carbocycles. The molecule has 12 heavy (non-hydrogen) atoms. The Balaban J connectivity index is 2.29. The van der Waals surface area contributed by atoms with Crippen molar-refractivity contribution in [3.8, 4) is 0 Å². The maximum absolute atomic E-state index is 4.04. The molecule has 3 nitrogen and oxygen atoms in total. The lowest BCUT2D eigenvalue weighted by Gasteiger charge is -2.06. The number of hydrogen-bond acceptors (Lipinski definition) is 2. The molecule has 0 aliphatic heterocycles. The average Bonchev–Trinajstić information content (AvgIpc) is 2.36. The van der Waals surface area contributed by atoms with Crippen LogP contribution in [0.3, 0.4) is 0 Å². The van der Waals surface area contributed by atoms with Crippen molar-refractivity contribution < 1.29 is 0 Å². The van der Waals surface area contributed by atoms with Gasteiger partial charge in [0.15, 0.2) is 0 Å². The summed E-state index contributed by atoms with van der Waals surface area (Å²) in [7, 11) is 2.01. The van der Waals surface area contributed by atoms with E-state index >= 15 is 0 Å². The standard InChI is InChI=1S/C9H17N3/c1-8(2)4-10-5-9-6-11-7-12(9)3/h6-8,10H,4-5H2,1-3H3. The molecule has 1 aromatic heterocycles. The van der Waals surface area contributed by atoms with Gasteiger partial charge >= 0.3 is 0 Å². The quantitative estimate of drug-likeness (QED) is 0.729. The van der Waals surface area contributed by atoms with Crippen molar-refractivity contribution in [2.24, 2.45) is 13.0 Å². The van der Waals surface area contributed by atoms with Crippen LogP contribution in [0.2, 0.25) is 0 Å². The monoisotopic (exact) mass is 167 g/mol. The van der Waals surface area contributed by atoms with Crippen LogP contribution in [0.4, 0.5) is 0 Å². The fourth-order valence-electron chi connectivity index (χ4n) is 1.04. The maximum atomic E-state index is 4.04. The second-order valence-electron chi connectivity index (χ2n) is 3.52. The SMILES string of the molecule is CC(C)CNCc1cncn1C. The van der Waals surface area contributed by atoms with Gasteiger partial charge in [-0.15, -0.1) is 0 Å². The molecule has 0 bridgehead atoms. The second-order valence-corrected chi connectivity index (χ2v) is 3.52. The van der Waals surface area contributed by atoms with Crippen molar-refractivity contribution in [3.63, 3.8) is 0 Å². The molecule has 0 aromatic carbocycles. The highest BCUT2D eigenvalue weighted by atomic mass is 15.0. The fourth-order valence-corrected chi connectivity index (χ4v) is 1.04. The van der Waals surface area contributed by atoms with Gasteiger partial charge in [-0.05, 0) is 12.5 Å². The van der Waals surface area contributed by atoms with Crippen molar-refractivity contribution in [2.75, 3.05) is 6.54 Å². The summed E-state index contributed by atoms with van der Waals surface area (Å²) in [5.41, 5.74) is 1.23. The fraction of sp³-hybridized carbons (Fsp3) is 0.667. The summed E-state index contributed by atoms with van der Waals surface area (Å²) in [6.45, 7) is 6.38. The molecule has 68 valence electrons. The minimum atomic E-state index is 0.707. The van der Waals surface area contributed by atoms with Crippen LogP contribution in [0.25, 0.3) is 0 Å². The van der Waals surface area contributed by atoms with Crippen molar-refractivity contribution in [1.29, 1.82) is 0 Å². The van der Waals surface area contributed by atoms with E-state index in [2.05, 4.69) is 24.1 Å². The van der Waals surface area contributed by atoms with Crippen LogP contribution in [0.15, 0.2) is 12.5 Å². The molecule has 1 aromatic rings. The molecule has 3 heteroatoms. The Kier molecular flexibility index (Phi) is 3.29. The smallest absolute Gasteiger partial charge is 0.0945 e. The molecule has 0 saturated heterocycles. The predicted octanol–water partition coefficient (Wildman–Crippen LogP) is 1.17. The first-order chi connectivity index (χ1) is 5.70. The normalized spacial score (nSPS) is 11.0. The summed E-state index contributed by atoms with van der Waals surface area (Å²) in [6, 6.07) is 0. The maximum Gasteiger partial charge on any atom is 0.0945 e. The van der Waals surface area contributed by atoms with E-state index in [1.54, 1.807) is 0 Å². The number of imidazole rings is 1. The summed E-state index contributed by atoms with van der Waals surface area (Å²) in [5, 5.41) is 3.37. The zero-order valence-electron chi connectivity index (χ0n) is 8.04. The topological polar surface area (TPSA) is 29.9 Å². The zero-order chi connectivity index (χ0) is 8.97. The Labute approximate surface area is 73.8 Å². The highest BCUT2D eigenvalue weighted by Gasteiger charge is 1.97. The summed E-state index contributed by atoms with van der Waals surface area (Å²) >= 11 is 0. The molecule has 0 aliphatic carbocycles. The van der Waals surface area contributed by atoms with Crippen molar-refractivity contribution in [1.82, 2.24) is 14.9 Å². The molecule has 1 heterocycles. The van der Waals surface area contributed by atoms with E-state index in [9.17, 15) is 0 Å². The zero-order valence-corrected chi connectivity index (χ0v) is 8.04. The number of nitrogens with zero attached hydrogens (tertiary/aromatic N) is 2. The van der Waals surface area contributed by atoms with Gasteiger partial charge < -0.3 is 9.88 Å². The number of aryl methyl sites for hydroxylation is 1. The highest BCUT2D eigenvalue weighted by molar-refractivity contribution is 4.96. The van der Waals surface area contributed by atoms with Gasteiger partial charge in [-0.1, -0.05) is 13.8 Å². The van der Waals surface area contributed by atoms with Gasteiger partial charge in [0.2, 0.25) is 0 Å². The molecule has 0 aliphatic rings. The van der Waals surface area contributed by atoms with E-state index in [0.717, 1.165) is 13.1 Å². The highest BCUT2D eigenvalue weighted by Crippen LogP contribution is 1.95. The molecule has 0 fully saturated rings. The van der Waals surface area contributed by atoms with E-state index < -0.39 is 0 Å². The third-order valence-corrected chi connectivity index (χ3v) is 1.78. The van der Waals surface area contributed by atoms with Crippen LogP contribution in [0.1, 0.15) is 19.5 Å². The Bertz CT molecular complexity index is 227. The Morgan fingerprint density at radius 3 is 2.83 bits per heavy atom. The summed E-state index contributed by atoms with van der Waals surface area (Å²) in [6.07, 6.45) is 3.72. The number of rotatable bonds is 4. The van der Waals surface area contributed by atoms with Gasteiger partial charge in [-0.25, -0.2) is 4.98 Å². The molecule has 0 radical (unpaired) electrons. The van der Waals surface area contributed by atoms with Crippen molar-refractivity contribution >= 4 is 0 Å².